The highest BCUT2D eigenvalue weighted by atomic mass is 32.2. The van der Waals surface area contributed by atoms with Crippen LogP contribution in [0, 0.1) is 17.0 Å². The predicted octanol–water partition coefficient (Wildman–Crippen LogP) is 2.27. The summed E-state index contributed by atoms with van der Waals surface area (Å²) in [7, 11) is -3.82. The quantitative estimate of drug-likeness (QED) is 0.496. The molecule has 3 aromatic rings. The van der Waals surface area contributed by atoms with Gasteiger partial charge in [-0.05, 0) is 48.6 Å². The number of nitro benzene ring substituents is 1. The summed E-state index contributed by atoms with van der Waals surface area (Å²) in [5, 5.41) is 11.5. The normalized spacial score (nSPS) is 11.6. The lowest BCUT2D eigenvalue weighted by molar-refractivity contribution is -0.384. The maximum absolute atomic E-state index is 12.3. The number of nitrogens with one attached hydrogen (secondary N) is 2. The molecule has 0 aliphatic rings. The predicted molar refractivity (Wildman–Crippen MR) is 101 cm³/mol. The van der Waals surface area contributed by atoms with Gasteiger partial charge in [-0.2, -0.15) is 0 Å². The topological polar surface area (TPSA) is 122 Å². The fourth-order valence-electron chi connectivity index (χ4n) is 2.70. The first kappa shape index (κ1) is 18.7. The Morgan fingerprint density at radius 2 is 1.81 bits per heavy atom. The standard InChI is InChI=1S/C18H17N3O5S/c1-12-2-3-13-11-14(18(22)20-17(13)10-12)8-9-19-27(25,26)16-6-4-15(5-7-16)21(23)24/h2-7,10-11,19H,8-9H2,1H3,(H,20,22). The second-order valence-electron chi connectivity index (χ2n) is 6.11. The van der Waals surface area contributed by atoms with Crippen molar-refractivity contribution in [3.63, 3.8) is 0 Å². The first-order valence-corrected chi connectivity index (χ1v) is 9.61. The van der Waals surface area contributed by atoms with E-state index in [1.54, 1.807) is 6.07 Å². The van der Waals surface area contributed by atoms with Gasteiger partial charge in [0.15, 0.2) is 0 Å². The van der Waals surface area contributed by atoms with E-state index >= 15 is 0 Å². The number of aromatic amines is 1. The third kappa shape index (κ3) is 4.21. The number of nitro groups is 1. The highest BCUT2D eigenvalue weighted by Crippen LogP contribution is 2.16. The largest absolute Gasteiger partial charge is 0.322 e. The zero-order chi connectivity index (χ0) is 19.6. The van der Waals surface area contributed by atoms with E-state index in [0.29, 0.717) is 5.56 Å². The molecule has 0 atom stereocenters. The molecule has 0 spiro atoms. The van der Waals surface area contributed by atoms with Gasteiger partial charge in [-0.1, -0.05) is 12.1 Å². The second kappa shape index (κ2) is 7.29. The van der Waals surface area contributed by atoms with Crippen molar-refractivity contribution in [3.8, 4) is 0 Å². The van der Waals surface area contributed by atoms with Gasteiger partial charge in [-0.25, -0.2) is 13.1 Å². The molecule has 0 saturated heterocycles. The Balaban J connectivity index is 1.72. The maximum atomic E-state index is 12.3. The number of sulfonamides is 1. The lowest BCUT2D eigenvalue weighted by atomic mass is 10.1. The summed E-state index contributed by atoms with van der Waals surface area (Å²) in [4.78, 5) is 24.9. The van der Waals surface area contributed by atoms with Gasteiger partial charge in [0.2, 0.25) is 10.0 Å². The summed E-state index contributed by atoms with van der Waals surface area (Å²) in [5.41, 5.74) is 1.78. The van der Waals surface area contributed by atoms with Crippen LogP contribution in [0.3, 0.4) is 0 Å². The minimum atomic E-state index is -3.82. The van der Waals surface area contributed by atoms with E-state index < -0.39 is 14.9 Å². The van der Waals surface area contributed by atoms with E-state index in [0.717, 1.165) is 28.6 Å². The third-order valence-corrected chi connectivity index (χ3v) is 5.60. The maximum Gasteiger partial charge on any atom is 0.269 e. The van der Waals surface area contributed by atoms with Crippen LogP contribution in [-0.4, -0.2) is 24.9 Å². The van der Waals surface area contributed by atoms with E-state index in [9.17, 15) is 23.3 Å². The van der Waals surface area contributed by atoms with Gasteiger partial charge >= 0.3 is 0 Å². The molecule has 0 radical (unpaired) electrons. The minimum absolute atomic E-state index is 0.0275. The van der Waals surface area contributed by atoms with Crippen LogP contribution in [0.2, 0.25) is 0 Å². The number of aromatic nitrogens is 1. The molecule has 0 aliphatic heterocycles. The van der Waals surface area contributed by atoms with Crippen molar-refractivity contribution in [2.45, 2.75) is 18.2 Å². The highest BCUT2D eigenvalue weighted by Gasteiger charge is 2.15. The van der Waals surface area contributed by atoms with Crippen LogP contribution in [0.1, 0.15) is 11.1 Å². The number of pyridine rings is 1. The summed E-state index contributed by atoms with van der Waals surface area (Å²) in [6.07, 6.45) is 0.214. The van der Waals surface area contributed by atoms with Crippen molar-refractivity contribution in [1.29, 1.82) is 0 Å². The van der Waals surface area contributed by atoms with Crippen molar-refractivity contribution in [2.75, 3.05) is 6.54 Å². The number of non-ortho nitro benzene ring substituents is 1. The van der Waals surface area contributed by atoms with Crippen LogP contribution in [0.15, 0.2) is 58.2 Å². The number of benzene rings is 2. The second-order valence-corrected chi connectivity index (χ2v) is 7.88. The lowest BCUT2D eigenvalue weighted by Crippen LogP contribution is -2.27. The Hall–Kier alpha value is -3.04. The molecular weight excluding hydrogens is 370 g/mol. The fraction of sp³-hybridized carbons (Fsp3) is 0.167. The molecule has 1 aromatic heterocycles. The zero-order valence-electron chi connectivity index (χ0n) is 14.4. The molecule has 0 fully saturated rings. The van der Waals surface area contributed by atoms with Gasteiger partial charge in [0.25, 0.3) is 11.2 Å². The molecule has 1 heterocycles. The summed E-state index contributed by atoms with van der Waals surface area (Å²) < 4.78 is 26.9. The van der Waals surface area contributed by atoms with Crippen LogP contribution in [0.25, 0.3) is 10.9 Å². The smallest absolute Gasteiger partial charge is 0.269 e. The van der Waals surface area contributed by atoms with Crippen LogP contribution < -0.4 is 10.3 Å². The molecule has 8 nitrogen and oxygen atoms in total. The Labute approximate surface area is 155 Å². The number of hydrogen-bond acceptors (Lipinski definition) is 5. The molecule has 3 rings (SSSR count). The number of rotatable bonds is 6. The van der Waals surface area contributed by atoms with Crippen molar-refractivity contribution in [1.82, 2.24) is 9.71 Å². The molecule has 0 unspecified atom stereocenters. The fourth-order valence-corrected chi connectivity index (χ4v) is 3.73. The van der Waals surface area contributed by atoms with Gasteiger partial charge in [0.05, 0.1) is 9.82 Å². The monoisotopic (exact) mass is 387 g/mol. The zero-order valence-corrected chi connectivity index (χ0v) is 15.2. The van der Waals surface area contributed by atoms with Crippen molar-refractivity contribution in [3.05, 3.63) is 80.1 Å². The molecule has 0 amide bonds. The highest BCUT2D eigenvalue weighted by molar-refractivity contribution is 7.89. The van der Waals surface area contributed by atoms with Crippen LogP contribution in [0.4, 0.5) is 5.69 Å². The van der Waals surface area contributed by atoms with Crippen LogP contribution >= 0.6 is 0 Å². The number of hydrogen-bond donors (Lipinski definition) is 2. The first-order valence-electron chi connectivity index (χ1n) is 8.13. The molecule has 0 bridgehead atoms. The van der Waals surface area contributed by atoms with Gasteiger partial charge < -0.3 is 4.98 Å². The first-order chi connectivity index (χ1) is 12.8. The van der Waals surface area contributed by atoms with Crippen LogP contribution in [-0.2, 0) is 16.4 Å². The summed E-state index contributed by atoms with van der Waals surface area (Å²) in [5.74, 6) is 0. The Kier molecular flexibility index (Phi) is 5.06. The van der Waals surface area contributed by atoms with E-state index in [-0.39, 0.29) is 29.1 Å². The van der Waals surface area contributed by atoms with E-state index in [1.807, 2.05) is 25.1 Å². The Morgan fingerprint density at radius 3 is 2.48 bits per heavy atom. The van der Waals surface area contributed by atoms with E-state index in [2.05, 4.69) is 9.71 Å². The number of nitrogens with zero attached hydrogens (tertiary/aromatic N) is 1. The third-order valence-electron chi connectivity index (χ3n) is 4.12. The van der Waals surface area contributed by atoms with Crippen LogP contribution in [0.5, 0.6) is 0 Å². The van der Waals surface area contributed by atoms with Gasteiger partial charge in [-0.15, -0.1) is 0 Å². The average Bonchev–Trinajstić information content (AvgIpc) is 2.62. The van der Waals surface area contributed by atoms with E-state index in [1.165, 1.54) is 12.1 Å². The molecule has 9 heteroatoms. The van der Waals surface area contributed by atoms with Gasteiger partial charge in [0.1, 0.15) is 0 Å². The molecule has 27 heavy (non-hydrogen) atoms. The minimum Gasteiger partial charge on any atom is -0.322 e. The van der Waals surface area contributed by atoms with E-state index in [4.69, 9.17) is 0 Å². The van der Waals surface area contributed by atoms with Crippen molar-refractivity contribution < 1.29 is 13.3 Å². The summed E-state index contributed by atoms with van der Waals surface area (Å²) in [6, 6.07) is 12.0. The SMILES string of the molecule is Cc1ccc2cc(CCNS(=O)(=O)c3ccc([N+](=O)[O-])cc3)c(=O)[nH]c2c1. The summed E-state index contributed by atoms with van der Waals surface area (Å²) >= 11 is 0. The molecule has 0 saturated carbocycles. The molecule has 140 valence electrons. The van der Waals surface area contributed by atoms with Crippen molar-refractivity contribution in [2.24, 2.45) is 0 Å². The molecule has 2 N–H and O–H groups in total. The van der Waals surface area contributed by atoms with Gasteiger partial charge in [-0.3, -0.25) is 14.9 Å². The number of fused-ring (bicyclic) bond motifs is 1. The van der Waals surface area contributed by atoms with Crippen molar-refractivity contribution >= 4 is 26.6 Å². The average molecular weight is 387 g/mol. The number of aryl methyl sites for hydroxylation is 1. The number of H-pyrrole nitrogens is 1. The Bertz CT molecular complexity index is 1170. The van der Waals surface area contributed by atoms with Gasteiger partial charge in [0, 0.05) is 29.8 Å². The molecule has 0 aliphatic carbocycles. The Morgan fingerprint density at radius 1 is 1.11 bits per heavy atom. The molecular formula is C18H17N3O5S. The summed E-state index contributed by atoms with van der Waals surface area (Å²) in [6.45, 7) is 1.96. The molecule has 2 aromatic carbocycles. The lowest BCUT2D eigenvalue weighted by Gasteiger charge is -2.07.